The number of nitrogens with zero attached hydrogens (tertiary/aromatic N) is 3. The molecule has 0 radical (unpaired) electrons. The number of nitrogens with two attached hydrogens (primary N) is 1. The van der Waals surface area contributed by atoms with Crippen LogP contribution in [0.25, 0.3) is 11.1 Å². The summed E-state index contributed by atoms with van der Waals surface area (Å²) < 4.78 is 1.80. The zero-order valence-electron chi connectivity index (χ0n) is 14.6. The van der Waals surface area contributed by atoms with Gasteiger partial charge in [0, 0.05) is 24.5 Å². The Hall–Kier alpha value is -3.08. The molecule has 5 nitrogen and oxygen atoms in total. The zero-order valence-corrected chi connectivity index (χ0v) is 14.6. The zero-order chi connectivity index (χ0) is 17.6. The van der Waals surface area contributed by atoms with Crippen molar-refractivity contribution >= 4 is 11.6 Å². The van der Waals surface area contributed by atoms with Gasteiger partial charge in [-0.1, -0.05) is 37.3 Å². The van der Waals surface area contributed by atoms with Crippen LogP contribution in [0.15, 0.2) is 65.9 Å². The van der Waals surface area contributed by atoms with Crippen LogP contribution in [0.3, 0.4) is 0 Å². The van der Waals surface area contributed by atoms with Crippen molar-refractivity contribution in [2.75, 3.05) is 5.32 Å². The second-order valence-corrected chi connectivity index (χ2v) is 5.98. The summed E-state index contributed by atoms with van der Waals surface area (Å²) in [5.74, 6) is 0.413. The smallest absolute Gasteiger partial charge is 0.193 e. The SMILES string of the molecule is CCc1ccc(NC(N)=NCc2cccc(-c3cnn(C)c3)c2)cc1. The number of guanidine groups is 1. The Labute approximate surface area is 148 Å². The standard InChI is InChI=1S/C20H23N5/c1-3-15-7-9-19(10-8-15)24-20(21)22-12-16-5-4-6-17(11-16)18-13-23-25(2)14-18/h4-11,13-14H,3,12H2,1-2H3,(H3,21,22,24). The van der Waals surface area contributed by atoms with E-state index in [4.69, 9.17) is 5.73 Å². The normalized spacial score (nSPS) is 11.5. The molecule has 0 atom stereocenters. The number of aryl methyl sites for hydroxylation is 2. The highest BCUT2D eigenvalue weighted by molar-refractivity contribution is 5.92. The highest BCUT2D eigenvalue weighted by atomic mass is 15.2. The van der Waals surface area contributed by atoms with Crippen molar-refractivity contribution in [2.45, 2.75) is 19.9 Å². The number of aliphatic imine (C=N–C) groups is 1. The maximum atomic E-state index is 6.00. The number of aromatic nitrogens is 2. The molecular weight excluding hydrogens is 310 g/mol. The van der Waals surface area contributed by atoms with Crippen LogP contribution in [0.5, 0.6) is 0 Å². The Morgan fingerprint density at radius 1 is 1.12 bits per heavy atom. The summed E-state index contributed by atoms with van der Waals surface area (Å²) in [5.41, 5.74) is 11.6. The van der Waals surface area contributed by atoms with E-state index in [0.717, 1.165) is 28.8 Å². The first-order valence-electron chi connectivity index (χ1n) is 8.38. The Morgan fingerprint density at radius 3 is 2.60 bits per heavy atom. The summed E-state index contributed by atoms with van der Waals surface area (Å²) in [7, 11) is 1.91. The van der Waals surface area contributed by atoms with E-state index in [2.05, 4.69) is 46.6 Å². The van der Waals surface area contributed by atoms with Gasteiger partial charge in [0.1, 0.15) is 0 Å². The minimum Gasteiger partial charge on any atom is -0.370 e. The summed E-state index contributed by atoms with van der Waals surface area (Å²) in [6.07, 6.45) is 4.88. The quantitative estimate of drug-likeness (QED) is 0.554. The molecule has 0 fully saturated rings. The van der Waals surface area contributed by atoms with Crippen LogP contribution in [-0.4, -0.2) is 15.7 Å². The van der Waals surface area contributed by atoms with Gasteiger partial charge in [-0.15, -0.1) is 0 Å². The third kappa shape index (κ3) is 4.47. The summed E-state index contributed by atoms with van der Waals surface area (Å²) in [6, 6.07) is 16.5. The first kappa shape index (κ1) is 16.8. The van der Waals surface area contributed by atoms with Crippen LogP contribution < -0.4 is 11.1 Å². The maximum Gasteiger partial charge on any atom is 0.193 e. The topological polar surface area (TPSA) is 68.2 Å². The van der Waals surface area contributed by atoms with Crippen LogP contribution in [0.2, 0.25) is 0 Å². The molecule has 0 bridgehead atoms. The highest BCUT2D eigenvalue weighted by Gasteiger charge is 2.02. The summed E-state index contributed by atoms with van der Waals surface area (Å²) in [4.78, 5) is 4.43. The van der Waals surface area contributed by atoms with E-state index in [1.165, 1.54) is 5.56 Å². The molecule has 0 unspecified atom stereocenters. The maximum absolute atomic E-state index is 6.00. The molecule has 3 N–H and O–H groups in total. The largest absolute Gasteiger partial charge is 0.370 e. The van der Waals surface area contributed by atoms with E-state index < -0.39 is 0 Å². The van der Waals surface area contributed by atoms with E-state index in [-0.39, 0.29) is 0 Å². The molecule has 0 saturated carbocycles. The predicted molar refractivity (Wildman–Crippen MR) is 103 cm³/mol. The highest BCUT2D eigenvalue weighted by Crippen LogP contribution is 2.20. The average molecular weight is 333 g/mol. The van der Waals surface area contributed by atoms with Crippen LogP contribution in [0.4, 0.5) is 5.69 Å². The van der Waals surface area contributed by atoms with Gasteiger partial charge in [0.2, 0.25) is 0 Å². The molecule has 0 aliphatic carbocycles. The Kier molecular flexibility index (Phi) is 5.14. The minimum atomic E-state index is 0.413. The van der Waals surface area contributed by atoms with Crippen molar-refractivity contribution in [1.29, 1.82) is 0 Å². The van der Waals surface area contributed by atoms with Gasteiger partial charge in [0.15, 0.2) is 5.96 Å². The van der Waals surface area contributed by atoms with E-state index in [9.17, 15) is 0 Å². The van der Waals surface area contributed by atoms with Gasteiger partial charge in [-0.2, -0.15) is 5.10 Å². The number of rotatable bonds is 5. The van der Waals surface area contributed by atoms with Crippen LogP contribution in [0, 0.1) is 0 Å². The van der Waals surface area contributed by atoms with Crippen molar-refractivity contribution in [3.63, 3.8) is 0 Å². The molecule has 0 aliphatic rings. The molecule has 3 aromatic rings. The lowest BCUT2D eigenvalue weighted by Gasteiger charge is -2.07. The third-order valence-electron chi connectivity index (χ3n) is 4.03. The van der Waals surface area contributed by atoms with Gasteiger partial charge in [0.05, 0.1) is 12.7 Å². The predicted octanol–water partition coefficient (Wildman–Crippen LogP) is 3.58. The summed E-state index contributed by atoms with van der Waals surface area (Å²) in [5, 5.41) is 7.34. The molecule has 1 aromatic heterocycles. The van der Waals surface area contributed by atoms with E-state index in [0.29, 0.717) is 12.5 Å². The van der Waals surface area contributed by atoms with Crippen molar-refractivity contribution in [1.82, 2.24) is 9.78 Å². The van der Waals surface area contributed by atoms with Crippen LogP contribution in [0.1, 0.15) is 18.1 Å². The lowest BCUT2D eigenvalue weighted by molar-refractivity contribution is 0.768. The lowest BCUT2D eigenvalue weighted by atomic mass is 10.1. The molecular formula is C20H23N5. The molecule has 2 aromatic carbocycles. The first-order valence-corrected chi connectivity index (χ1v) is 8.38. The van der Waals surface area contributed by atoms with Crippen molar-refractivity contribution in [2.24, 2.45) is 17.8 Å². The van der Waals surface area contributed by atoms with Gasteiger partial charge in [-0.25, -0.2) is 4.99 Å². The molecule has 1 heterocycles. The number of benzene rings is 2. The van der Waals surface area contributed by atoms with Gasteiger partial charge >= 0.3 is 0 Å². The fourth-order valence-electron chi connectivity index (χ4n) is 2.61. The first-order chi connectivity index (χ1) is 12.1. The third-order valence-corrected chi connectivity index (χ3v) is 4.03. The number of hydrogen-bond acceptors (Lipinski definition) is 2. The van der Waals surface area contributed by atoms with E-state index >= 15 is 0 Å². The van der Waals surface area contributed by atoms with Crippen LogP contribution >= 0.6 is 0 Å². The summed E-state index contributed by atoms with van der Waals surface area (Å²) >= 11 is 0. The fourth-order valence-corrected chi connectivity index (χ4v) is 2.61. The van der Waals surface area contributed by atoms with Crippen molar-refractivity contribution < 1.29 is 0 Å². The molecule has 0 saturated heterocycles. The number of hydrogen-bond donors (Lipinski definition) is 2. The lowest BCUT2D eigenvalue weighted by Crippen LogP contribution is -2.22. The summed E-state index contributed by atoms with van der Waals surface area (Å²) in [6.45, 7) is 2.66. The molecule has 5 heteroatoms. The second kappa shape index (κ2) is 7.66. The Bertz CT molecular complexity index is 862. The van der Waals surface area contributed by atoms with E-state index in [1.54, 1.807) is 4.68 Å². The number of anilines is 1. The molecule has 3 rings (SSSR count). The van der Waals surface area contributed by atoms with Gasteiger partial charge in [-0.05, 0) is 41.3 Å². The molecule has 25 heavy (non-hydrogen) atoms. The van der Waals surface area contributed by atoms with Crippen molar-refractivity contribution in [3.8, 4) is 11.1 Å². The second-order valence-electron chi connectivity index (χ2n) is 5.98. The Morgan fingerprint density at radius 2 is 1.92 bits per heavy atom. The van der Waals surface area contributed by atoms with Gasteiger partial charge in [0.25, 0.3) is 0 Å². The van der Waals surface area contributed by atoms with Crippen LogP contribution in [-0.2, 0) is 20.0 Å². The average Bonchev–Trinajstić information content (AvgIpc) is 3.07. The fraction of sp³-hybridized carbons (Fsp3) is 0.200. The minimum absolute atomic E-state index is 0.413. The molecule has 0 aliphatic heterocycles. The van der Waals surface area contributed by atoms with E-state index in [1.807, 2.05) is 43.7 Å². The monoisotopic (exact) mass is 333 g/mol. The van der Waals surface area contributed by atoms with Gasteiger partial charge in [-0.3, -0.25) is 4.68 Å². The number of nitrogens with one attached hydrogen (secondary N) is 1. The molecule has 0 spiro atoms. The molecule has 128 valence electrons. The van der Waals surface area contributed by atoms with Gasteiger partial charge < -0.3 is 11.1 Å². The van der Waals surface area contributed by atoms with Crippen molar-refractivity contribution in [3.05, 3.63) is 72.1 Å². The molecule has 0 amide bonds. The Balaban J connectivity index is 1.66.